The second-order valence-corrected chi connectivity index (χ2v) is 4.22. The van der Waals surface area contributed by atoms with E-state index in [1.54, 1.807) is 35.1 Å². The third-order valence-electron chi connectivity index (χ3n) is 2.84. The molecule has 3 aromatic rings. The topological polar surface area (TPSA) is 73.3 Å². The highest BCUT2D eigenvalue weighted by atomic mass is 16.6. The fourth-order valence-corrected chi connectivity index (χ4v) is 1.90. The predicted octanol–water partition coefficient (Wildman–Crippen LogP) is 3.11. The van der Waals surface area contributed by atoms with E-state index in [4.69, 9.17) is 8.83 Å². The van der Waals surface area contributed by atoms with E-state index in [9.17, 15) is 10.1 Å². The first-order valence-corrected chi connectivity index (χ1v) is 6.20. The normalized spacial score (nSPS) is 11.5. The van der Waals surface area contributed by atoms with Gasteiger partial charge in [-0.15, -0.1) is 0 Å². The number of nitro groups is 1. The Morgan fingerprint density at radius 2 is 1.95 bits per heavy atom. The Bertz CT molecular complexity index is 773. The summed E-state index contributed by atoms with van der Waals surface area (Å²) in [7, 11) is 0. The standard InChI is InChI=1S/C15H11N2O4/c18-17(19)15-7-6-14(21-15)13(11-12-5-4-10-20-12)16-8-2-1-3-9-16/h1-11H/q+1. The van der Waals surface area contributed by atoms with Crippen molar-refractivity contribution in [3.63, 3.8) is 0 Å². The van der Waals surface area contributed by atoms with Crippen molar-refractivity contribution < 1.29 is 18.3 Å². The molecule has 3 aromatic heterocycles. The molecular formula is C15H11N2O4+. The van der Waals surface area contributed by atoms with Gasteiger partial charge in [-0.3, -0.25) is 10.1 Å². The lowest BCUT2D eigenvalue weighted by Gasteiger charge is -1.97. The fraction of sp³-hybridized carbons (Fsp3) is 0. The van der Waals surface area contributed by atoms with Crippen molar-refractivity contribution in [2.24, 2.45) is 0 Å². The molecule has 0 fully saturated rings. The van der Waals surface area contributed by atoms with Gasteiger partial charge < -0.3 is 8.83 Å². The van der Waals surface area contributed by atoms with Gasteiger partial charge in [0.05, 0.1) is 18.4 Å². The second kappa shape index (κ2) is 5.46. The SMILES string of the molecule is O=[N+]([O-])c1ccc(C(=Cc2ccco2)[n+]2ccccc2)o1. The summed E-state index contributed by atoms with van der Waals surface area (Å²) in [5.74, 6) is 0.710. The average Bonchev–Trinajstić information content (AvgIpc) is 3.17. The molecule has 0 N–H and O–H groups in total. The van der Waals surface area contributed by atoms with Crippen LogP contribution in [0.4, 0.5) is 5.88 Å². The first-order chi connectivity index (χ1) is 10.2. The van der Waals surface area contributed by atoms with Crippen molar-refractivity contribution in [1.29, 1.82) is 0 Å². The Morgan fingerprint density at radius 1 is 1.14 bits per heavy atom. The second-order valence-electron chi connectivity index (χ2n) is 4.22. The molecule has 21 heavy (non-hydrogen) atoms. The van der Waals surface area contributed by atoms with E-state index in [1.165, 1.54) is 6.07 Å². The highest BCUT2D eigenvalue weighted by Gasteiger charge is 2.21. The summed E-state index contributed by atoms with van der Waals surface area (Å²) in [6.45, 7) is 0. The van der Waals surface area contributed by atoms with E-state index in [2.05, 4.69) is 0 Å². The van der Waals surface area contributed by atoms with Gasteiger partial charge in [0, 0.05) is 12.1 Å². The summed E-state index contributed by atoms with van der Waals surface area (Å²) in [5, 5.41) is 10.8. The highest BCUT2D eigenvalue weighted by molar-refractivity contribution is 5.72. The van der Waals surface area contributed by atoms with Crippen LogP contribution in [0.3, 0.4) is 0 Å². The number of furan rings is 2. The van der Waals surface area contributed by atoms with E-state index in [-0.39, 0.29) is 5.88 Å². The number of hydrogen-bond acceptors (Lipinski definition) is 4. The Morgan fingerprint density at radius 3 is 2.57 bits per heavy atom. The summed E-state index contributed by atoms with van der Waals surface area (Å²) in [6.07, 6.45) is 6.96. The summed E-state index contributed by atoms with van der Waals surface area (Å²) in [4.78, 5) is 10.2. The number of hydrogen-bond donors (Lipinski definition) is 0. The molecule has 0 bridgehead atoms. The van der Waals surface area contributed by atoms with Crippen LogP contribution in [0.2, 0.25) is 0 Å². The predicted molar refractivity (Wildman–Crippen MR) is 74.0 cm³/mol. The number of nitrogens with zero attached hydrogens (tertiary/aromatic N) is 2. The van der Waals surface area contributed by atoms with Crippen LogP contribution >= 0.6 is 0 Å². The van der Waals surface area contributed by atoms with Crippen molar-refractivity contribution >= 4 is 17.7 Å². The van der Waals surface area contributed by atoms with Gasteiger partial charge in [-0.25, -0.2) is 0 Å². The third kappa shape index (κ3) is 2.74. The number of rotatable bonds is 4. The number of aromatic nitrogens is 1. The molecule has 3 heterocycles. The molecule has 0 radical (unpaired) electrons. The zero-order chi connectivity index (χ0) is 14.7. The molecule has 0 saturated heterocycles. The molecule has 0 aliphatic rings. The Labute approximate surface area is 119 Å². The molecule has 0 saturated carbocycles. The van der Waals surface area contributed by atoms with Crippen molar-refractivity contribution in [3.05, 3.63) is 82.8 Å². The molecule has 6 heteroatoms. The van der Waals surface area contributed by atoms with Gasteiger partial charge in [-0.05, 0) is 18.2 Å². The van der Waals surface area contributed by atoms with Crippen molar-refractivity contribution in [1.82, 2.24) is 0 Å². The molecule has 0 atom stereocenters. The van der Waals surface area contributed by atoms with Crippen LogP contribution < -0.4 is 4.57 Å². The van der Waals surface area contributed by atoms with E-state index in [0.717, 1.165) is 0 Å². The zero-order valence-corrected chi connectivity index (χ0v) is 10.9. The summed E-state index contributed by atoms with van der Waals surface area (Å²) < 4.78 is 12.4. The van der Waals surface area contributed by atoms with Gasteiger partial charge in [0.2, 0.25) is 5.76 Å². The maximum Gasteiger partial charge on any atom is 0.433 e. The number of pyridine rings is 1. The van der Waals surface area contributed by atoms with Crippen molar-refractivity contribution in [2.75, 3.05) is 0 Å². The molecule has 0 unspecified atom stereocenters. The van der Waals surface area contributed by atoms with Crippen LogP contribution in [0.25, 0.3) is 11.8 Å². The minimum absolute atomic E-state index is 0.299. The van der Waals surface area contributed by atoms with Crippen LogP contribution in [0.1, 0.15) is 11.5 Å². The largest absolute Gasteiger partial charge is 0.465 e. The van der Waals surface area contributed by atoms with Crippen LogP contribution in [-0.2, 0) is 0 Å². The zero-order valence-electron chi connectivity index (χ0n) is 10.9. The van der Waals surface area contributed by atoms with Crippen LogP contribution in [0.15, 0.2) is 70.0 Å². The van der Waals surface area contributed by atoms with Crippen molar-refractivity contribution in [3.8, 4) is 0 Å². The van der Waals surface area contributed by atoms with Gasteiger partial charge in [-0.1, -0.05) is 6.07 Å². The van der Waals surface area contributed by atoms with E-state index >= 15 is 0 Å². The Hall–Kier alpha value is -3.15. The minimum Gasteiger partial charge on any atom is -0.465 e. The molecule has 6 nitrogen and oxygen atoms in total. The summed E-state index contributed by atoms with van der Waals surface area (Å²) in [6, 6.07) is 12.0. The molecule has 3 rings (SSSR count). The highest BCUT2D eigenvalue weighted by Crippen LogP contribution is 2.22. The molecule has 0 aliphatic heterocycles. The van der Waals surface area contributed by atoms with Gasteiger partial charge >= 0.3 is 5.88 Å². The van der Waals surface area contributed by atoms with Gasteiger partial charge in [-0.2, -0.15) is 4.57 Å². The van der Waals surface area contributed by atoms with E-state index in [1.807, 2.05) is 30.6 Å². The fourth-order valence-electron chi connectivity index (χ4n) is 1.90. The van der Waals surface area contributed by atoms with Gasteiger partial charge in [0.15, 0.2) is 12.4 Å². The summed E-state index contributed by atoms with van der Waals surface area (Å²) in [5.41, 5.74) is 0.638. The van der Waals surface area contributed by atoms with Crippen LogP contribution in [0, 0.1) is 10.1 Å². The summed E-state index contributed by atoms with van der Waals surface area (Å²) >= 11 is 0. The molecule has 0 spiro atoms. The monoisotopic (exact) mass is 283 g/mol. The first-order valence-electron chi connectivity index (χ1n) is 6.20. The third-order valence-corrected chi connectivity index (χ3v) is 2.84. The lowest BCUT2D eigenvalue weighted by molar-refractivity contribution is -0.579. The quantitative estimate of drug-likeness (QED) is 0.419. The minimum atomic E-state index is -0.566. The lowest BCUT2D eigenvalue weighted by atomic mass is 10.2. The van der Waals surface area contributed by atoms with E-state index < -0.39 is 4.92 Å². The smallest absolute Gasteiger partial charge is 0.433 e. The molecular weight excluding hydrogens is 272 g/mol. The molecule has 0 amide bonds. The molecule has 0 aliphatic carbocycles. The Balaban J connectivity index is 2.10. The molecule has 104 valence electrons. The Kier molecular flexibility index (Phi) is 3.34. The maximum absolute atomic E-state index is 10.8. The van der Waals surface area contributed by atoms with Gasteiger partial charge in [0.25, 0.3) is 5.70 Å². The molecule has 0 aromatic carbocycles. The lowest BCUT2D eigenvalue weighted by Crippen LogP contribution is -2.31. The van der Waals surface area contributed by atoms with Crippen LogP contribution in [-0.4, -0.2) is 4.92 Å². The van der Waals surface area contributed by atoms with Crippen molar-refractivity contribution in [2.45, 2.75) is 0 Å². The van der Waals surface area contributed by atoms with E-state index in [0.29, 0.717) is 17.2 Å². The van der Waals surface area contributed by atoms with Crippen LogP contribution in [0.5, 0.6) is 0 Å². The van der Waals surface area contributed by atoms with Gasteiger partial charge in [0.1, 0.15) is 10.7 Å². The first kappa shape index (κ1) is 12.9. The maximum atomic E-state index is 10.8. The average molecular weight is 283 g/mol.